The molecule has 3 nitrogen and oxygen atoms in total. The van der Waals surface area contributed by atoms with Crippen molar-refractivity contribution in [3.63, 3.8) is 0 Å². The van der Waals surface area contributed by atoms with E-state index in [0.29, 0.717) is 15.3 Å². The number of benzene rings is 1. The first-order chi connectivity index (χ1) is 6.20. The van der Waals surface area contributed by atoms with Gasteiger partial charge in [-0.2, -0.15) is 4.39 Å². The van der Waals surface area contributed by atoms with E-state index in [2.05, 4.69) is 0 Å². The molecule has 1 aromatic carbocycles. The highest BCUT2D eigenvalue weighted by Gasteiger charge is 2.12. The van der Waals surface area contributed by atoms with Crippen molar-refractivity contribution in [2.24, 2.45) is 0 Å². The standard InChI is InChI=1S/C9H6FNO2/c10-8-7-4-2-1-3-6(7)5-11(8)9(12)13/h1-5H,(H,12,13). The maximum Gasteiger partial charge on any atom is 0.417 e. The summed E-state index contributed by atoms with van der Waals surface area (Å²) in [6.07, 6.45) is -0.0544. The Labute approximate surface area is 73.0 Å². The Morgan fingerprint density at radius 1 is 1.38 bits per heavy atom. The largest absolute Gasteiger partial charge is 0.464 e. The molecular weight excluding hydrogens is 173 g/mol. The second kappa shape index (κ2) is 2.58. The molecule has 0 atom stereocenters. The number of hydrogen-bond donors (Lipinski definition) is 1. The molecular formula is C9H6FNO2. The quantitative estimate of drug-likeness (QED) is 0.674. The molecule has 1 heterocycles. The van der Waals surface area contributed by atoms with Crippen LogP contribution in [-0.2, 0) is 0 Å². The minimum Gasteiger partial charge on any atom is -0.464 e. The Morgan fingerprint density at radius 3 is 2.69 bits per heavy atom. The molecule has 1 aromatic heterocycles. The number of nitrogens with zero attached hydrogens (tertiary/aromatic N) is 1. The summed E-state index contributed by atoms with van der Waals surface area (Å²) in [5, 5.41) is 9.50. The molecule has 66 valence electrons. The molecule has 0 fully saturated rings. The van der Waals surface area contributed by atoms with Gasteiger partial charge >= 0.3 is 6.09 Å². The average molecular weight is 179 g/mol. The van der Waals surface area contributed by atoms with Gasteiger partial charge in [0.05, 0.1) is 0 Å². The Kier molecular flexibility index (Phi) is 1.55. The van der Waals surface area contributed by atoms with Crippen molar-refractivity contribution in [1.82, 2.24) is 4.57 Å². The number of carbonyl (C=O) groups is 1. The molecule has 0 unspecified atom stereocenters. The van der Waals surface area contributed by atoms with Gasteiger partial charge in [0, 0.05) is 17.0 Å². The van der Waals surface area contributed by atoms with Gasteiger partial charge in [-0.3, -0.25) is 0 Å². The molecule has 0 aliphatic carbocycles. The lowest BCUT2D eigenvalue weighted by Crippen LogP contribution is -2.08. The van der Waals surface area contributed by atoms with Gasteiger partial charge in [0.1, 0.15) is 0 Å². The van der Waals surface area contributed by atoms with Crippen LogP contribution in [0.3, 0.4) is 0 Å². The second-order valence-corrected chi connectivity index (χ2v) is 2.66. The number of fused-ring (bicyclic) bond motifs is 1. The molecule has 0 spiro atoms. The zero-order chi connectivity index (χ0) is 9.42. The fourth-order valence-electron chi connectivity index (χ4n) is 1.26. The van der Waals surface area contributed by atoms with Gasteiger partial charge in [0.15, 0.2) is 0 Å². The summed E-state index contributed by atoms with van der Waals surface area (Å²) in [4.78, 5) is 10.5. The first kappa shape index (κ1) is 7.79. The van der Waals surface area contributed by atoms with Crippen LogP contribution >= 0.6 is 0 Å². The van der Waals surface area contributed by atoms with E-state index >= 15 is 0 Å². The molecule has 0 aliphatic heterocycles. The Hall–Kier alpha value is -1.84. The van der Waals surface area contributed by atoms with Crippen LogP contribution in [0.2, 0.25) is 0 Å². The van der Waals surface area contributed by atoms with E-state index in [1.807, 2.05) is 0 Å². The van der Waals surface area contributed by atoms with E-state index in [-0.39, 0.29) is 0 Å². The SMILES string of the molecule is O=C(O)n1cc2ccccc2c1F. The third-order valence-electron chi connectivity index (χ3n) is 1.87. The zero-order valence-electron chi connectivity index (χ0n) is 6.57. The molecule has 0 bridgehead atoms. The zero-order valence-corrected chi connectivity index (χ0v) is 6.57. The number of hydrogen-bond acceptors (Lipinski definition) is 1. The average Bonchev–Trinajstić information content (AvgIpc) is 2.45. The number of rotatable bonds is 0. The van der Waals surface area contributed by atoms with Crippen LogP contribution in [0.5, 0.6) is 0 Å². The molecule has 0 radical (unpaired) electrons. The van der Waals surface area contributed by atoms with Gasteiger partial charge in [0.25, 0.3) is 0 Å². The first-order valence-corrected chi connectivity index (χ1v) is 3.69. The molecule has 0 aliphatic rings. The predicted octanol–water partition coefficient (Wildman–Crippen LogP) is 2.31. The van der Waals surface area contributed by atoms with Crippen LogP contribution in [0.1, 0.15) is 0 Å². The molecule has 2 aromatic rings. The van der Waals surface area contributed by atoms with E-state index in [1.54, 1.807) is 24.3 Å². The number of carboxylic acid groups (broad SMARTS) is 1. The summed E-state index contributed by atoms with van der Waals surface area (Å²) in [5.74, 6) is -0.733. The van der Waals surface area contributed by atoms with Gasteiger partial charge in [-0.05, 0) is 6.07 Å². The van der Waals surface area contributed by atoms with Gasteiger partial charge in [-0.1, -0.05) is 18.2 Å². The van der Waals surface area contributed by atoms with Gasteiger partial charge in [0.2, 0.25) is 5.95 Å². The van der Waals surface area contributed by atoms with Crippen molar-refractivity contribution in [1.29, 1.82) is 0 Å². The highest BCUT2D eigenvalue weighted by Crippen LogP contribution is 2.18. The van der Waals surface area contributed by atoms with Crippen LogP contribution in [0.15, 0.2) is 30.5 Å². The molecule has 0 saturated carbocycles. The van der Waals surface area contributed by atoms with Gasteiger partial charge < -0.3 is 5.11 Å². The summed E-state index contributed by atoms with van der Waals surface area (Å²) in [6, 6.07) is 6.60. The van der Waals surface area contributed by atoms with Crippen molar-refractivity contribution < 1.29 is 14.3 Å². The molecule has 0 saturated heterocycles. The van der Waals surface area contributed by atoms with Crippen molar-refractivity contribution >= 4 is 16.9 Å². The van der Waals surface area contributed by atoms with Crippen molar-refractivity contribution in [3.05, 3.63) is 36.4 Å². The first-order valence-electron chi connectivity index (χ1n) is 3.69. The molecule has 0 amide bonds. The van der Waals surface area contributed by atoms with E-state index < -0.39 is 12.0 Å². The maximum atomic E-state index is 13.3. The van der Waals surface area contributed by atoms with E-state index in [9.17, 15) is 9.18 Å². The van der Waals surface area contributed by atoms with E-state index in [4.69, 9.17) is 5.11 Å². The van der Waals surface area contributed by atoms with Crippen LogP contribution in [0.4, 0.5) is 9.18 Å². The highest BCUT2D eigenvalue weighted by molar-refractivity contribution is 5.87. The fourth-order valence-corrected chi connectivity index (χ4v) is 1.26. The Balaban J connectivity index is 2.81. The molecule has 13 heavy (non-hydrogen) atoms. The van der Waals surface area contributed by atoms with E-state index in [0.717, 1.165) is 0 Å². The van der Waals surface area contributed by atoms with Crippen LogP contribution in [0, 0.1) is 5.95 Å². The Bertz CT molecular complexity index is 475. The lowest BCUT2D eigenvalue weighted by Gasteiger charge is -1.92. The van der Waals surface area contributed by atoms with Gasteiger partial charge in [-0.15, -0.1) is 0 Å². The number of aromatic nitrogens is 1. The predicted molar refractivity (Wildman–Crippen MR) is 45.3 cm³/mol. The van der Waals surface area contributed by atoms with Gasteiger partial charge in [-0.25, -0.2) is 9.36 Å². The summed E-state index contributed by atoms with van der Waals surface area (Å²) < 4.78 is 13.8. The lowest BCUT2D eigenvalue weighted by molar-refractivity contribution is 0.193. The fraction of sp³-hybridized carbons (Fsp3) is 0. The monoisotopic (exact) mass is 179 g/mol. The summed E-state index contributed by atoms with van der Waals surface area (Å²) in [6.45, 7) is 0. The topological polar surface area (TPSA) is 42.2 Å². The summed E-state index contributed by atoms with van der Waals surface area (Å²) in [5.41, 5.74) is 0. The van der Waals surface area contributed by atoms with Crippen LogP contribution in [0.25, 0.3) is 10.8 Å². The van der Waals surface area contributed by atoms with Crippen LogP contribution in [-0.4, -0.2) is 15.8 Å². The molecule has 4 heteroatoms. The summed E-state index contributed by atoms with van der Waals surface area (Å²) >= 11 is 0. The third kappa shape index (κ3) is 1.07. The molecule has 2 rings (SSSR count). The summed E-state index contributed by atoms with van der Waals surface area (Å²) in [7, 11) is 0. The third-order valence-corrected chi connectivity index (χ3v) is 1.87. The highest BCUT2D eigenvalue weighted by atomic mass is 19.1. The van der Waals surface area contributed by atoms with Crippen LogP contribution < -0.4 is 0 Å². The maximum absolute atomic E-state index is 13.3. The number of halogens is 1. The normalized spacial score (nSPS) is 10.5. The van der Waals surface area contributed by atoms with Crippen molar-refractivity contribution in [3.8, 4) is 0 Å². The van der Waals surface area contributed by atoms with Crippen molar-refractivity contribution in [2.75, 3.05) is 0 Å². The Morgan fingerprint density at radius 2 is 2.08 bits per heavy atom. The van der Waals surface area contributed by atoms with Crippen molar-refractivity contribution in [2.45, 2.75) is 0 Å². The van der Waals surface area contributed by atoms with E-state index in [1.165, 1.54) is 6.20 Å². The smallest absolute Gasteiger partial charge is 0.417 e. The lowest BCUT2D eigenvalue weighted by atomic mass is 10.2. The second-order valence-electron chi connectivity index (χ2n) is 2.66. The molecule has 1 N–H and O–H groups in total. The minimum atomic E-state index is -1.31. The minimum absolute atomic E-state index is 0.324.